The molecule has 0 spiro atoms. The van der Waals surface area contributed by atoms with E-state index in [1.807, 2.05) is 13.0 Å². The van der Waals surface area contributed by atoms with Crippen LogP contribution < -0.4 is 5.32 Å². The van der Waals surface area contributed by atoms with E-state index in [-0.39, 0.29) is 0 Å². The zero-order valence-corrected chi connectivity index (χ0v) is 9.66. The zero-order chi connectivity index (χ0) is 11.1. The van der Waals surface area contributed by atoms with Crippen molar-refractivity contribution in [3.63, 3.8) is 0 Å². The number of ether oxygens (including phenoxy) is 1. The molecule has 0 bridgehead atoms. The minimum atomic E-state index is 0.587. The van der Waals surface area contributed by atoms with E-state index in [4.69, 9.17) is 4.74 Å². The zero-order valence-electron chi connectivity index (χ0n) is 9.66. The highest BCUT2D eigenvalue weighted by molar-refractivity contribution is 5.34. The summed E-state index contributed by atoms with van der Waals surface area (Å²) in [6.45, 7) is 8.55. The summed E-state index contributed by atoms with van der Waals surface area (Å²) >= 11 is 0. The monoisotopic (exact) mass is 209 g/mol. The minimum Gasteiger partial charge on any atom is -0.379 e. The second-order valence-electron chi connectivity index (χ2n) is 4.01. The van der Waals surface area contributed by atoms with E-state index in [1.54, 1.807) is 6.20 Å². The number of nitrogens with one attached hydrogen (secondary N) is 1. The Labute approximate surface area is 91.1 Å². The molecule has 0 aliphatic rings. The molecule has 1 heterocycles. The van der Waals surface area contributed by atoms with Crippen LogP contribution in [0.4, 0.5) is 5.82 Å². The van der Waals surface area contributed by atoms with Crippen molar-refractivity contribution in [1.82, 2.24) is 10.2 Å². The number of aromatic nitrogens is 2. The Morgan fingerprint density at radius 3 is 2.93 bits per heavy atom. The van der Waals surface area contributed by atoms with Crippen LogP contribution in [0.1, 0.15) is 19.4 Å². The summed E-state index contributed by atoms with van der Waals surface area (Å²) in [5.74, 6) is 1.40. The quantitative estimate of drug-likeness (QED) is 0.726. The van der Waals surface area contributed by atoms with Gasteiger partial charge in [0.05, 0.1) is 12.8 Å². The maximum absolute atomic E-state index is 5.44. The molecule has 0 saturated carbocycles. The number of nitrogens with zero attached hydrogens (tertiary/aromatic N) is 2. The normalized spacial score (nSPS) is 10.7. The van der Waals surface area contributed by atoms with Gasteiger partial charge in [0.2, 0.25) is 0 Å². The van der Waals surface area contributed by atoms with Gasteiger partial charge in [0.15, 0.2) is 0 Å². The summed E-state index contributed by atoms with van der Waals surface area (Å²) in [7, 11) is 0. The summed E-state index contributed by atoms with van der Waals surface area (Å²) in [5.41, 5.74) is 1.11. The summed E-state index contributed by atoms with van der Waals surface area (Å²) in [5, 5.41) is 11.0. The number of aryl methyl sites for hydroxylation is 1. The fraction of sp³-hybridized carbons (Fsp3) is 0.636. The second-order valence-corrected chi connectivity index (χ2v) is 4.01. The lowest BCUT2D eigenvalue weighted by atomic mass is 10.2. The Balaban J connectivity index is 2.15. The van der Waals surface area contributed by atoms with Crippen molar-refractivity contribution in [3.8, 4) is 0 Å². The molecule has 4 nitrogen and oxygen atoms in total. The third kappa shape index (κ3) is 5.32. The molecule has 1 aromatic rings. The predicted octanol–water partition coefficient (Wildman–Crippen LogP) is 1.87. The standard InChI is InChI=1S/C11H19N3O/c1-9(2)8-15-5-4-12-11-6-10(3)7-13-14-11/h6-7,9H,4-5,8H2,1-3H3,(H,12,14). The molecular formula is C11H19N3O. The van der Waals surface area contributed by atoms with Crippen molar-refractivity contribution in [2.45, 2.75) is 20.8 Å². The molecule has 1 N–H and O–H groups in total. The van der Waals surface area contributed by atoms with E-state index in [0.29, 0.717) is 12.5 Å². The average Bonchev–Trinajstić information content (AvgIpc) is 2.17. The van der Waals surface area contributed by atoms with E-state index in [9.17, 15) is 0 Å². The molecule has 0 amide bonds. The first-order valence-corrected chi connectivity index (χ1v) is 5.29. The molecule has 0 unspecified atom stereocenters. The molecule has 0 aliphatic carbocycles. The SMILES string of the molecule is Cc1cnnc(NCCOCC(C)C)c1. The van der Waals surface area contributed by atoms with E-state index in [0.717, 1.165) is 24.5 Å². The topological polar surface area (TPSA) is 47.0 Å². The smallest absolute Gasteiger partial charge is 0.148 e. The second kappa shape index (κ2) is 6.35. The van der Waals surface area contributed by atoms with Gasteiger partial charge in [0.25, 0.3) is 0 Å². The lowest BCUT2D eigenvalue weighted by Crippen LogP contribution is -2.13. The Morgan fingerprint density at radius 1 is 1.47 bits per heavy atom. The van der Waals surface area contributed by atoms with Crippen LogP contribution >= 0.6 is 0 Å². The third-order valence-corrected chi connectivity index (χ3v) is 1.79. The Bertz CT molecular complexity index is 289. The molecule has 0 saturated heterocycles. The molecular weight excluding hydrogens is 190 g/mol. The number of hydrogen-bond acceptors (Lipinski definition) is 4. The Morgan fingerprint density at radius 2 is 2.27 bits per heavy atom. The van der Waals surface area contributed by atoms with Gasteiger partial charge in [-0.3, -0.25) is 0 Å². The van der Waals surface area contributed by atoms with Crippen molar-refractivity contribution >= 4 is 5.82 Å². The summed E-state index contributed by atoms with van der Waals surface area (Å²) < 4.78 is 5.44. The van der Waals surface area contributed by atoms with Crippen molar-refractivity contribution in [2.24, 2.45) is 5.92 Å². The molecule has 0 aromatic carbocycles. The molecule has 1 rings (SSSR count). The Hall–Kier alpha value is -1.16. The lowest BCUT2D eigenvalue weighted by molar-refractivity contribution is 0.118. The first-order chi connectivity index (χ1) is 7.18. The van der Waals surface area contributed by atoms with Crippen molar-refractivity contribution < 1.29 is 4.74 Å². The maximum atomic E-state index is 5.44. The van der Waals surface area contributed by atoms with Gasteiger partial charge in [0.1, 0.15) is 5.82 Å². The predicted molar refractivity (Wildman–Crippen MR) is 60.9 cm³/mol. The molecule has 15 heavy (non-hydrogen) atoms. The molecule has 0 atom stereocenters. The largest absolute Gasteiger partial charge is 0.379 e. The van der Waals surface area contributed by atoms with Crippen LogP contribution in [0.3, 0.4) is 0 Å². The van der Waals surface area contributed by atoms with E-state index < -0.39 is 0 Å². The molecule has 0 fully saturated rings. The molecule has 0 aliphatic heterocycles. The average molecular weight is 209 g/mol. The van der Waals surface area contributed by atoms with Gasteiger partial charge in [-0.05, 0) is 24.5 Å². The summed E-state index contributed by atoms with van der Waals surface area (Å²) in [4.78, 5) is 0. The van der Waals surface area contributed by atoms with Gasteiger partial charge in [-0.15, -0.1) is 5.10 Å². The van der Waals surface area contributed by atoms with Crippen molar-refractivity contribution in [2.75, 3.05) is 25.1 Å². The highest BCUT2D eigenvalue weighted by atomic mass is 16.5. The highest BCUT2D eigenvalue weighted by Gasteiger charge is 1.96. The van der Waals surface area contributed by atoms with E-state index in [1.165, 1.54) is 0 Å². The van der Waals surface area contributed by atoms with Gasteiger partial charge < -0.3 is 10.1 Å². The van der Waals surface area contributed by atoms with Gasteiger partial charge in [0, 0.05) is 13.2 Å². The van der Waals surface area contributed by atoms with Crippen LogP contribution in [0.15, 0.2) is 12.3 Å². The van der Waals surface area contributed by atoms with Crippen LogP contribution in [0.2, 0.25) is 0 Å². The van der Waals surface area contributed by atoms with E-state index in [2.05, 4.69) is 29.4 Å². The van der Waals surface area contributed by atoms with Crippen LogP contribution in [0, 0.1) is 12.8 Å². The number of rotatable bonds is 6. The summed E-state index contributed by atoms with van der Waals surface area (Å²) in [6, 6.07) is 1.97. The van der Waals surface area contributed by atoms with Crippen LogP contribution in [-0.2, 0) is 4.74 Å². The van der Waals surface area contributed by atoms with Crippen LogP contribution in [0.25, 0.3) is 0 Å². The van der Waals surface area contributed by atoms with E-state index >= 15 is 0 Å². The van der Waals surface area contributed by atoms with Crippen LogP contribution in [0.5, 0.6) is 0 Å². The first kappa shape index (κ1) is 11.9. The fourth-order valence-corrected chi connectivity index (χ4v) is 1.12. The van der Waals surface area contributed by atoms with Gasteiger partial charge in [-0.1, -0.05) is 13.8 Å². The maximum Gasteiger partial charge on any atom is 0.148 e. The lowest BCUT2D eigenvalue weighted by Gasteiger charge is -2.08. The third-order valence-electron chi connectivity index (χ3n) is 1.79. The summed E-state index contributed by atoms with van der Waals surface area (Å²) in [6.07, 6.45) is 1.74. The van der Waals surface area contributed by atoms with Crippen molar-refractivity contribution in [3.05, 3.63) is 17.8 Å². The number of anilines is 1. The Kier molecular flexibility index (Phi) is 5.04. The fourth-order valence-electron chi connectivity index (χ4n) is 1.12. The van der Waals surface area contributed by atoms with Gasteiger partial charge in [-0.25, -0.2) is 0 Å². The molecule has 84 valence electrons. The van der Waals surface area contributed by atoms with Crippen molar-refractivity contribution in [1.29, 1.82) is 0 Å². The van der Waals surface area contributed by atoms with Crippen LogP contribution in [-0.4, -0.2) is 30.0 Å². The number of hydrogen-bond donors (Lipinski definition) is 1. The molecule has 1 aromatic heterocycles. The van der Waals surface area contributed by atoms with Gasteiger partial charge in [-0.2, -0.15) is 5.10 Å². The highest BCUT2D eigenvalue weighted by Crippen LogP contribution is 2.02. The van der Waals surface area contributed by atoms with Gasteiger partial charge >= 0.3 is 0 Å². The minimum absolute atomic E-state index is 0.587. The molecule has 0 radical (unpaired) electrons. The first-order valence-electron chi connectivity index (χ1n) is 5.29. The molecule has 4 heteroatoms.